The normalized spacial score (nSPS) is 11.4. The molecule has 5 nitrogen and oxygen atoms in total. The molecule has 0 aliphatic rings. The van der Waals surface area contributed by atoms with E-state index < -0.39 is 12.1 Å². The van der Waals surface area contributed by atoms with E-state index in [0.717, 1.165) is 22.4 Å². The molecule has 0 saturated carbocycles. The highest BCUT2D eigenvalue weighted by Crippen LogP contribution is 2.27. The third-order valence-electron chi connectivity index (χ3n) is 4.60. The second-order valence-corrected chi connectivity index (χ2v) is 6.90. The number of nitrogens with one attached hydrogen (secondary N) is 1. The first-order valence-corrected chi connectivity index (χ1v) is 9.88. The van der Waals surface area contributed by atoms with Gasteiger partial charge in [-0.3, -0.25) is 9.59 Å². The maximum absolute atomic E-state index is 12.6. The van der Waals surface area contributed by atoms with E-state index in [2.05, 4.69) is 5.32 Å². The van der Waals surface area contributed by atoms with Gasteiger partial charge in [0.05, 0.1) is 13.0 Å². The zero-order valence-corrected chi connectivity index (χ0v) is 17.1. The topological polar surface area (TPSA) is 64.6 Å². The highest BCUT2D eigenvalue weighted by Gasteiger charge is 2.19. The molecule has 5 heteroatoms. The molecule has 0 bridgehead atoms. The van der Waals surface area contributed by atoms with Gasteiger partial charge in [0.15, 0.2) is 6.10 Å². The van der Waals surface area contributed by atoms with Crippen LogP contribution in [0.4, 0.5) is 5.69 Å². The van der Waals surface area contributed by atoms with Crippen LogP contribution in [0, 0.1) is 6.92 Å². The van der Waals surface area contributed by atoms with Gasteiger partial charge in [-0.25, -0.2) is 0 Å². The number of rotatable bonds is 8. The van der Waals surface area contributed by atoms with Gasteiger partial charge in [-0.15, -0.1) is 0 Å². The average molecular weight is 403 g/mol. The molecule has 0 aliphatic heterocycles. The number of carbonyl (C=O) groups excluding carboxylic acids is 2. The molecule has 0 saturated heterocycles. The minimum absolute atomic E-state index is 0.0621. The Labute approximate surface area is 176 Å². The van der Waals surface area contributed by atoms with E-state index in [1.807, 2.05) is 85.8 Å². The van der Waals surface area contributed by atoms with Crippen LogP contribution in [0.1, 0.15) is 18.9 Å². The van der Waals surface area contributed by atoms with Gasteiger partial charge in [-0.05, 0) is 37.1 Å². The lowest BCUT2D eigenvalue weighted by Crippen LogP contribution is -2.30. The Hall–Kier alpha value is -3.60. The smallest absolute Gasteiger partial charge is 0.310 e. The van der Waals surface area contributed by atoms with Crippen LogP contribution in [0.5, 0.6) is 5.75 Å². The third kappa shape index (κ3) is 5.70. The van der Waals surface area contributed by atoms with Crippen molar-refractivity contribution < 1.29 is 19.1 Å². The van der Waals surface area contributed by atoms with Crippen LogP contribution >= 0.6 is 0 Å². The number of ether oxygens (including phenoxy) is 2. The standard InChI is InChI=1S/C25H25NO4/c1-18-10-6-9-15-23(18)29-17-16-24(27)30-19(2)25(28)26-22-14-8-7-13-21(22)20-11-4-3-5-12-20/h3-15,19H,16-17H2,1-2H3,(H,26,28)/t19-/m1/s1. The number of amides is 1. The van der Waals surface area contributed by atoms with E-state index in [4.69, 9.17) is 9.47 Å². The summed E-state index contributed by atoms with van der Waals surface area (Å²) in [5.41, 5.74) is 3.55. The predicted molar refractivity (Wildman–Crippen MR) is 117 cm³/mol. The van der Waals surface area contributed by atoms with Crippen LogP contribution in [0.25, 0.3) is 11.1 Å². The molecule has 0 heterocycles. The molecular weight excluding hydrogens is 378 g/mol. The highest BCUT2D eigenvalue weighted by molar-refractivity contribution is 5.98. The molecule has 0 unspecified atom stereocenters. The summed E-state index contributed by atoms with van der Waals surface area (Å²) in [4.78, 5) is 24.6. The largest absolute Gasteiger partial charge is 0.493 e. The summed E-state index contributed by atoms with van der Waals surface area (Å²) in [5.74, 6) is -0.136. The Bertz CT molecular complexity index is 1000. The fourth-order valence-corrected chi connectivity index (χ4v) is 2.97. The second-order valence-electron chi connectivity index (χ2n) is 6.90. The van der Waals surface area contributed by atoms with E-state index in [0.29, 0.717) is 5.69 Å². The van der Waals surface area contributed by atoms with Crippen LogP contribution in [-0.4, -0.2) is 24.6 Å². The van der Waals surface area contributed by atoms with E-state index in [1.54, 1.807) is 6.92 Å². The maximum atomic E-state index is 12.6. The molecular formula is C25H25NO4. The monoisotopic (exact) mass is 403 g/mol. The molecule has 1 amide bonds. The SMILES string of the molecule is Cc1ccccc1OCCC(=O)O[C@H](C)C(=O)Nc1ccccc1-c1ccccc1. The summed E-state index contributed by atoms with van der Waals surface area (Å²) in [6.45, 7) is 3.68. The van der Waals surface area contributed by atoms with Gasteiger partial charge in [0, 0.05) is 11.3 Å². The van der Waals surface area contributed by atoms with Crippen molar-refractivity contribution in [2.75, 3.05) is 11.9 Å². The molecule has 0 aromatic heterocycles. The van der Waals surface area contributed by atoms with Crippen LogP contribution in [0.15, 0.2) is 78.9 Å². The van der Waals surface area contributed by atoms with E-state index in [-0.39, 0.29) is 18.9 Å². The summed E-state index contributed by atoms with van der Waals surface area (Å²) in [7, 11) is 0. The van der Waals surface area contributed by atoms with Gasteiger partial charge in [0.25, 0.3) is 5.91 Å². The Morgan fingerprint density at radius 2 is 1.57 bits per heavy atom. The minimum atomic E-state index is -0.917. The number of para-hydroxylation sites is 2. The summed E-state index contributed by atoms with van der Waals surface area (Å²) in [6.07, 6.45) is -0.855. The third-order valence-corrected chi connectivity index (χ3v) is 4.60. The molecule has 3 rings (SSSR count). The number of carbonyl (C=O) groups is 2. The number of benzene rings is 3. The van der Waals surface area contributed by atoms with E-state index in [1.165, 1.54) is 0 Å². The fraction of sp³-hybridized carbons (Fsp3) is 0.200. The summed E-state index contributed by atoms with van der Waals surface area (Å²) < 4.78 is 10.9. The maximum Gasteiger partial charge on any atom is 0.310 e. The molecule has 0 aliphatic carbocycles. The Balaban J connectivity index is 1.53. The lowest BCUT2D eigenvalue weighted by Gasteiger charge is -2.16. The van der Waals surface area contributed by atoms with Crippen molar-refractivity contribution in [3.8, 4) is 16.9 Å². The molecule has 0 fully saturated rings. The van der Waals surface area contributed by atoms with Gasteiger partial charge < -0.3 is 14.8 Å². The zero-order valence-electron chi connectivity index (χ0n) is 17.1. The Morgan fingerprint density at radius 1 is 0.900 bits per heavy atom. The van der Waals surface area contributed by atoms with Crippen LogP contribution in [-0.2, 0) is 14.3 Å². The van der Waals surface area contributed by atoms with Gasteiger partial charge in [-0.1, -0.05) is 66.7 Å². The van der Waals surface area contributed by atoms with Crippen molar-refractivity contribution >= 4 is 17.6 Å². The number of esters is 1. The highest BCUT2D eigenvalue weighted by atomic mass is 16.5. The lowest BCUT2D eigenvalue weighted by atomic mass is 10.0. The predicted octanol–water partition coefficient (Wildman–Crippen LogP) is 5.00. The van der Waals surface area contributed by atoms with Crippen molar-refractivity contribution in [2.45, 2.75) is 26.4 Å². The first kappa shape index (κ1) is 21.1. The van der Waals surface area contributed by atoms with Crippen molar-refractivity contribution in [3.05, 3.63) is 84.4 Å². The minimum Gasteiger partial charge on any atom is -0.493 e. The van der Waals surface area contributed by atoms with Gasteiger partial charge in [-0.2, -0.15) is 0 Å². The van der Waals surface area contributed by atoms with Crippen molar-refractivity contribution in [2.24, 2.45) is 0 Å². The van der Waals surface area contributed by atoms with E-state index >= 15 is 0 Å². The zero-order chi connectivity index (χ0) is 21.3. The molecule has 154 valence electrons. The van der Waals surface area contributed by atoms with Gasteiger partial charge >= 0.3 is 5.97 Å². The van der Waals surface area contributed by atoms with Crippen molar-refractivity contribution in [3.63, 3.8) is 0 Å². The van der Waals surface area contributed by atoms with Gasteiger partial charge in [0.1, 0.15) is 5.75 Å². The van der Waals surface area contributed by atoms with E-state index in [9.17, 15) is 9.59 Å². The van der Waals surface area contributed by atoms with Crippen LogP contribution in [0.3, 0.4) is 0 Å². The first-order valence-electron chi connectivity index (χ1n) is 9.88. The summed E-state index contributed by atoms with van der Waals surface area (Å²) in [6, 6.07) is 24.9. The number of anilines is 1. The first-order chi connectivity index (χ1) is 14.5. The molecule has 0 spiro atoms. The average Bonchev–Trinajstić information content (AvgIpc) is 2.76. The Kier molecular flexibility index (Phi) is 7.22. The van der Waals surface area contributed by atoms with Crippen molar-refractivity contribution in [1.82, 2.24) is 0 Å². The van der Waals surface area contributed by atoms with Gasteiger partial charge in [0.2, 0.25) is 0 Å². The number of hydrogen-bond donors (Lipinski definition) is 1. The van der Waals surface area contributed by atoms with Crippen LogP contribution < -0.4 is 10.1 Å². The Morgan fingerprint density at radius 3 is 2.33 bits per heavy atom. The molecule has 3 aromatic rings. The quantitative estimate of drug-likeness (QED) is 0.538. The fourth-order valence-electron chi connectivity index (χ4n) is 2.97. The molecule has 1 N–H and O–H groups in total. The second kappa shape index (κ2) is 10.3. The molecule has 1 atom stereocenters. The molecule has 0 radical (unpaired) electrons. The number of hydrogen-bond acceptors (Lipinski definition) is 4. The van der Waals surface area contributed by atoms with Crippen LogP contribution in [0.2, 0.25) is 0 Å². The summed E-state index contributed by atoms with van der Waals surface area (Å²) >= 11 is 0. The molecule has 3 aromatic carbocycles. The molecule has 30 heavy (non-hydrogen) atoms. The summed E-state index contributed by atoms with van der Waals surface area (Å²) in [5, 5.41) is 2.86. The number of aryl methyl sites for hydroxylation is 1. The van der Waals surface area contributed by atoms with Crippen molar-refractivity contribution in [1.29, 1.82) is 0 Å². The lowest BCUT2D eigenvalue weighted by molar-refractivity contribution is -0.153.